The standard InChI is InChI=1S/C24H28ClN3O6S/c1-16(2)15-28(35(30,31)19-8-6-5-7-9-19)23-22(24(33-13-12-29)27-17(3)26-23)34-21-14-18(32-4)10-11-20(21)25/h5-11,14,16,29H,12-13,15H2,1-4H3. The summed E-state index contributed by atoms with van der Waals surface area (Å²) in [6, 6.07) is 12.9. The Kier molecular flexibility index (Phi) is 8.76. The third kappa shape index (κ3) is 6.33. The van der Waals surface area contributed by atoms with E-state index in [9.17, 15) is 13.5 Å². The number of hydrogen-bond acceptors (Lipinski definition) is 8. The first-order chi connectivity index (χ1) is 16.7. The van der Waals surface area contributed by atoms with Gasteiger partial charge in [0.05, 0.1) is 23.6 Å². The molecule has 0 aliphatic heterocycles. The van der Waals surface area contributed by atoms with E-state index >= 15 is 0 Å². The lowest BCUT2D eigenvalue weighted by Gasteiger charge is -2.27. The van der Waals surface area contributed by atoms with E-state index in [1.165, 1.54) is 23.5 Å². The van der Waals surface area contributed by atoms with Gasteiger partial charge in [0.1, 0.15) is 23.9 Å². The number of nitrogens with zero attached hydrogens (tertiary/aromatic N) is 3. The van der Waals surface area contributed by atoms with Crippen molar-refractivity contribution in [2.75, 3.05) is 31.2 Å². The Bertz CT molecular complexity index is 1260. The zero-order chi connectivity index (χ0) is 25.6. The maximum Gasteiger partial charge on any atom is 0.265 e. The summed E-state index contributed by atoms with van der Waals surface area (Å²) in [4.78, 5) is 8.84. The van der Waals surface area contributed by atoms with E-state index in [1.807, 2.05) is 13.8 Å². The molecule has 0 aliphatic rings. The van der Waals surface area contributed by atoms with Crippen LogP contribution in [0.15, 0.2) is 53.4 Å². The molecule has 9 nitrogen and oxygen atoms in total. The molecule has 0 spiro atoms. The molecule has 3 aromatic rings. The Morgan fingerprint density at radius 3 is 2.46 bits per heavy atom. The van der Waals surface area contributed by atoms with Crippen molar-refractivity contribution in [3.63, 3.8) is 0 Å². The SMILES string of the molecule is COc1ccc(Cl)c(Oc2c(OCCO)nc(C)nc2N(CC(C)C)S(=O)(=O)c2ccccc2)c1. The highest BCUT2D eigenvalue weighted by Gasteiger charge is 2.32. The molecule has 188 valence electrons. The van der Waals surface area contributed by atoms with Crippen molar-refractivity contribution in [3.8, 4) is 23.1 Å². The lowest BCUT2D eigenvalue weighted by molar-refractivity contribution is 0.192. The van der Waals surface area contributed by atoms with E-state index in [2.05, 4.69) is 9.97 Å². The second-order valence-corrected chi connectivity index (χ2v) is 10.2. The van der Waals surface area contributed by atoms with Gasteiger partial charge >= 0.3 is 0 Å². The minimum Gasteiger partial charge on any atom is -0.497 e. The van der Waals surface area contributed by atoms with Crippen LogP contribution in [0.4, 0.5) is 5.82 Å². The molecule has 35 heavy (non-hydrogen) atoms. The molecular formula is C24H28ClN3O6S. The fraction of sp³-hybridized carbons (Fsp3) is 0.333. The van der Waals surface area contributed by atoms with Crippen LogP contribution in [0.1, 0.15) is 19.7 Å². The van der Waals surface area contributed by atoms with Crippen LogP contribution < -0.4 is 18.5 Å². The first-order valence-corrected chi connectivity index (χ1v) is 12.7. The minimum absolute atomic E-state index is 0.0121. The van der Waals surface area contributed by atoms with E-state index in [4.69, 9.17) is 25.8 Å². The number of anilines is 1. The Morgan fingerprint density at radius 1 is 1.11 bits per heavy atom. The molecule has 0 amide bonds. The second-order valence-electron chi connectivity index (χ2n) is 7.94. The van der Waals surface area contributed by atoms with Crippen molar-refractivity contribution < 1.29 is 27.7 Å². The quantitative estimate of drug-likeness (QED) is 0.393. The Hall–Kier alpha value is -3.08. The molecule has 0 bridgehead atoms. The number of halogens is 1. The normalized spacial score (nSPS) is 11.4. The summed E-state index contributed by atoms with van der Waals surface area (Å²) >= 11 is 6.36. The van der Waals surface area contributed by atoms with Crippen LogP contribution in [-0.2, 0) is 10.0 Å². The summed E-state index contributed by atoms with van der Waals surface area (Å²) in [5, 5.41) is 9.57. The Labute approximate surface area is 210 Å². The predicted molar refractivity (Wildman–Crippen MR) is 133 cm³/mol. The highest BCUT2D eigenvalue weighted by Crippen LogP contribution is 2.43. The van der Waals surface area contributed by atoms with Crippen LogP contribution in [0.5, 0.6) is 23.1 Å². The van der Waals surface area contributed by atoms with Gasteiger partial charge in [-0.3, -0.25) is 0 Å². The number of aryl methyl sites for hydroxylation is 1. The number of aliphatic hydroxyl groups excluding tert-OH is 1. The summed E-state index contributed by atoms with van der Waals surface area (Å²) < 4.78 is 45.7. The van der Waals surface area contributed by atoms with Gasteiger partial charge in [0.15, 0.2) is 5.82 Å². The van der Waals surface area contributed by atoms with E-state index in [1.54, 1.807) is 43.3 Å². The first kappa shape index (κ1) is 26.5. The summed E-state index contributed by atoms with van der Waals surface area (Å²) in [6.07, 6.45) is 0. The molecule has 0 unspecified atom stereocenters. The summed E-state index contributed by atoms with van der Waals surface area (Å²) in [7, 11) is -2.54. The van der Waals surface area contributed by atoms with Gasteiger partial charge in [-0.25, -0.2) is 17.7 Å². The van der Waals surface area contributed by atoms with Gasteiger partial charge in [-0.1, -0.05) is 43.6 Å². The maximum atomic E-state index is 13.8. The molecule has 0 saturated carbocycles. The van der Waals surface area contributed by atoms with E-state index in [-0.39, 0.29) is 64.6 Å². The summed E-state index contributed by atoms with van der Waals surface area (Å²) in [5.74, 6) is 0.773. The topological polar surface area (TPSA) is 111 Å². The second kappa shape index (κ2) is 11.6. The van der Waals surface area contributed by atoms with Gasteiger partial charge in [-0.2, -0.15) is 4.98 Å². The Balaban J connectivity index is 2.25. The molecule has 1 aromatic heterocycles. The fourth-order valence-electron chi connectivity index (χ4n) is 3.17. The number of methoxy groups -OCH3 is 1. The highest BCUT2D eigenvalue weighted by molar-refractivity contribution is 7.92. The predicted octanol–water partition coefficient (Wildman–Crippen LogP) is 4.46. The number of aromatic nitrogens is 2. The molecule has 0 radical (unpaired) electrons. The van der Waals surface area contributed by atoms with Gasteiger partial charge in [0.25, 0.3) is 15.9 Å². The lowest BCUT2D eigenvalue weighted by atomic mass is 10.2. The molecule has 0 saturated heterocycles. The molecule has 0 fully saturated rings. The number of hydrogen-bond donors (Lipinski definition) is 1. The van der Waals surface area contributed by atoms with Gasteiger partial charge in [0.2, 0.25) is 5.75 Å². The zero-order valence-corrected chi connectivity index (χ0v) is 21.5. The molecule has 11 heteroatoms. The van der Waals surface area contributed by atoms with Gasteiger partial charge in [0, 0.05) is 12.6 Å². The van der Waals surface area contributed by atoms with Crippen LogP contribution in [0.25, 0.3) is 0 Å². The smallest absolute Gasteiger partial charge is 0.265 e. The Morgan fingerprint density at radius 2 is 1.83 bits per heavy atom. The highest BCUT2D eigenvalue weighted by atomic mass is 35.5. The van der Waals surface area contributed by atoms with Crippen LogP contribution in [-0.4, -0.2) is 50.4 Å². The van der Waals surface area contributed by atoms with Crippen molar-refractivity contribution in [2.45, 2.75) is 25.7 Å². The zero-order valence-electron chi connectivity index (χ0n) is 19.9. The first-order valence-electron chi connectivity index (χ1n) is 10.9. The molecular weight excluding hydrogens is 494 g/mol. The third-order valence-corrected chi connectivity index (χ3v) is 6.79. The third-order valence-electron chi connectivity index (χ3n) is 4.71. The molecule has 2 aromatic carbocycles. The number of sulfonamides is 1. The van der Waals surface area contributed by atoms with E-state index in [0.717, 1.165) is 0 Å². The average molecular weight is 522 g/mol. The summed E-state index contributed by atoms with van der Waals surface area (Å²) in [6.45, 7) is 5.13. The van der Waals surface area contributed by atoms with Gasteiger partial charge in [-0.05, 0) is 37.1 Å². The van der Waals surface area contributed by atoms with Gasteiger partial charge in [-0.15, -0.1) is 0 Å². The number of aliphatic hydroxyl groups is 1. The van der Waals surface area contributed by atoms with Crippen LogP contribution >= 0.6 is 11.6 Å². The summed E-state index contributed by atoms with van der Waals surface area (Å²) in [5.41, 5.74) is 0. The lowest BCUT2D eigenvalue weighted by Crippen LogP contribution is -2.35. The molecule has 1 N–H and O–H groups in total. The van der Waals surface area contributed by atoms with E-state index < -0.39 is 10.0 Å². The van der Waals surface area contributed by atoms with E-state index in [0.29, 0.717) is 5.75 Å². The average Bonchev–Trinajstić information content (AvgIpc) is 2.84. The van der Waals surface area contributed by atoms with Crippen molar-refractivity contribution >= 4 is 27.4 Å². The van der Waals surface area contributed by atoms with Crippen molar-refractivity contribution in [1.82, 2.24) is 9.97 Å². The molecule has 1 heterocycles. The van der Waals surface area contributed by atoms with Crippen molar-refractivity contribution in [1.29, 1.82) is 0 Å². The number of benzene rings is 2. The van der Waals surface area contributed by atoms with Crippen LogP contribution in [0, 0.1) is 12.8 Å². The van der Waals surface area contributed by atoms with Gasteiger partial charge < -0.3 is 19.3 Å². The van der Waals surface area contributed by atoms with Crippen LogP contribution in [0.2, 0.25) is 5.02 Å². The monoisotopic (exact) mass is 521 g/mol. The largest absolute Gasteiger partial charge is 0.497 e. The minimum atomic E-state index is -4.04. The fourth-order valence-corrected chi connectivity index (χ4v) is 4.93. The van der Waals surface area contributed by atoms with Crippen molar-refractivity contribution in [2.24, 2.45) is 5.92 Å². The maximum absolute atomic E-state index is 13.8. The van der Waals surface area contributed by atoms with Crippen LogP contribution in [0.3, 0.4) is 0 Å². The van der Waals surface area contributed by atoms with Crippen molar-refractivity contribution in [3.05, 3.63) is 59.4 Å². The number of rotatable bonds is 11. The number of ether oxygens (including phenoxy) is 3. The molecule has 0 atom stereocenters. The molecule has 0 aliphatic carbocycles. The molecule has 3 rings (SSSR count).